The molecule has 116 valence electrons. The molecule has 0 aromatic heterocycles. The zero-order chi connectivity index (χ0) is 16.0. The number of rotatable bonds is 7. The summed E-state index contributed by atoms with van der Waals surface area (Å²) in [7, 11) is -3.76. The van der Waals surface area contributed by atoms with Gasteiger partial charge in [-0.15, -0.1) is 6.58 Å². The van der Waals surface area contributed by atoms with Crippen LogP contribution < -0.4 is 15.2 Å². The van der Waals surface area contributed by atoms with Crippen molar-refractivity contribution in [1.29, 1.82) is 0 Å². The Labute approximate surface area is 125 Å². The minimum Gasteiger partial charge on any atom is -0.483 e. The van der Waals surface area contributed by atoms with Crippen molar-refractivity contribution in [3.8, 4) is 5.75 Å². The Balaban J connectivity index is 2.92. The second-order valence-electron chi connectivity index (χ2n) is 4.78. The van der Waals surface area contributed by atoms with Crippen molar-refractivity contribution in [2.24, 2.45) is 5.14 Å². The average molecular weight is 312 g/mol. The second-order valence-corrected chi connectivity index (χ2v) is 6.34. The summed E-state index contributed by atoms with van der Waals surface area (Å²) in [5.74, 6) is 0.212. The molecule has 0 fully saturated rings. The molecule has 0 saturated carbocycles. The number of carbonyl (C=O) groups excluding carboxylic acids is 1. The standard InChI is InChI=1S/C14H20N2O4S/c1-4-7-16-14(17)9-20-13-6-5-11(21(15,18)19)8-12(13)10(2)3/h4-6,8,10H,1,7,9H2,2-3H3,(H,16,17)(H2,15,18,19). The molecule has 3 N–H and O–H groups in total. The first kappa shape index (κ1) is 17.2. The number of benzene rings is 1. The van der Waals surface area contributed by atoms with Crippen molar-refractivity contribution in [3.05, 3.63) is 36.4 Å². The summed E-state index contributed by atoms with van der Waals surface area (Å²) in [4.78, 5) is 11.5. The molecule has 0 aliphatic heterocycles. The van der Waals surface area contributed by atoms with Gasteiger partial charge in [-0.3, -0.25) is 4.79 Å². The summed E-state index contributed by atoms with van der Waals surface area (Å²) >= 11 is 0. The van der Waals surface area contributed by atoms with Crippen LogP contribution in [0.15, 0.2) is 35.7 Å². The van der Waals surface area contributed by atoms with Gasteiger partial charge in [0.2, 0.25) is 10.0 Å². The van der Waals surface area contributed by atoms with Crippen LogP contribution in [0, 0.1) is 0 Å². The zero-order valence-electron chi connectivity index (χ0n) is 12.1. The number of carbonyl (C=O) groups is 1. The Morgan fingerprint density at radius 3 is 2.67 bits per heavy atom. The first-order valence-corrected chi connectivity index (χ1v) is 7.97. The number of sulfonamides is 1. The third-order valence-corrected chi connectivity index (χ3v) is 3.65. The van der Waals surface area contributed by atoms with E-state index >= 15 is 0 Å². The topological polar surface area (TPSA) is 98.5 Å². The van der Waals surface area contributed by atoms with E-state index in [9.17, 15) is 13.2 Å². The molecule has 0 aliphatic carbocycles. The van der Waals surface area contributed by atoms with Gasteiger partial charge in [0.1, 0.15) is 5.75 Å². The van der Waals surface area contributed by atoms with Crippen LogP contribution in [0.5, 0.6) is 5.75 Å². The summed E-state index contributed by atoms with van der Waals surface area (Å²) in [5, 5.41) is 7.70. The van der Waals surface area contributed by atoms with Crippen molar-refractivity contribution >= 4 is 15.9 Å². The summed E-state index contributed by atoms with van der Waals surface area (Å²) < 4.78 is 28.2. The largest absolute Gasteiger partial charge is 0.483 e. The zero-order valence-corrected chi connectivity index (χ0v) is 12.9. The molecule has 21 heavy (non-hydrogen) atoms. The minimum absolute atomic E-state index is 0.0228. The Kier molecular flexibility index (Phi) is 5.92. The Hall–Kier alpha value is -1.86. The maximum absolute atomic E-state index is 11.5. The molecule has 0 spiro atoms. The highest BCUT2D eigenvalue weighted by Gasteiger charge is 2.15. The van der Waals surface area contributed by atoms with Gasteiger partial charge in [0.25, 0.3) is 5.91 Å². The summed E-state index contributed by atoms with van der Waals surface area (Å²) in [5.41, 5.74) is 0.679. The van der Waals surface area contributed by atoms with Crippen LogP contribution in [0.1, 0.15) is 25.3 Å². The average Bonchev–Trinajstić information content (AvgIpc) is 2.41. The summed E-state index contributed by atoms with van der Waals surface area (Å²) in [6.45, 7) is 7.50. The third kappa shape index (κ3) is 5.20. The molecule has 6 nitrogen and oxygen atoms in total. The first-order chi connectivity index (χ1) is 9.75. The van der Waals surface area contributed by atoms with Gasteiger partial charge in [0.05, 0.1) is 4.90 Å². The van der Waals surface area contributed by atoms with Gasteiger partial charge >= 0.3 is 0 Å². The van der Waals surface area contributed by atoms with Crippen molar-refractivity contribution < 1.29 is 17.9 Å². The molecule has 0 saturated heterocycles. The first-order valence-electron chi connectivity index (χ1n) is 6.43. The van der Waals surface area contributed by atoms with E-state index in [0.29, 0.717) is 17.9 Å². The van der Waals surface area contributed by atoms with Gasteiger partial charge in [0.15, 0.2) is 6.61 Å². The highest BCUT2D eigenvalue weighted by molar-refractivity contribution is 7.89. The third-order valence-electron chi connectivity index (χ3n) is 2.73. The van der Waals surface area contributed by atoms with Gasteiger partial charge in [-0.05, 0) is 29.7 Å². The van der Waals surface area contributed by atoms with E-state index < -0.39 is 10.0 Å². The molecule has 0 bridgehead atoms. The molecule has 0 radical (unpaired) electrons. The van der Waals surface area contributed by atoms with Crippen LogP contribution >= 0.6 is 0 Å². The van der Waals surface area contributed by atoms with Crippen molar-refractivity contribution in [2.75, 3.05) is 13.2 Å². The van der Waals surface area contributed by atoms with Crippen LogP contribution in [0.3, 0.4) is 0 Å². The molecule has 0 atom stereocenters. The fraction of sp³-hybridized carbons (Fsp3) is 0.357. The van der Waals surface area contributed by atoms with Crippen LogP contribution in [-0.2, 0) is 14.8 Å². The Morgan fingerprint density at radius 2 is 2.14 bits per heavy atom. The van der Waals surface area contributed by atoms with Crippen LogP contribution in [-0.4, -0.2) is 27.5 Å². The van der Waals surface area contributed by atoms with Crippen LogP contribution in [0.25, 0.3) is 0 Å². The Morgan fingerprint density at radius 1 is 1.48 bits per heavy atom. The number of primary sulfonamides is 1. The smallest absolute Gasteiger partial charge is 0.258 e. The number of ether oxygens (including phenoxy) is 1. The highest BCUT2D eigenvalue weighted by Crippen LogP contribution is 2.28. The van der Waals surface area contributed by atoms with E-state index in [1.165, 1.54) is 18.2 Å². The predicted octanol–water partition coefficient (Wildman–Crippen LogP) is 1.14. The lowest BCUT2D eigenvalue weighted by Gasteiger charge is -2.15. The van der Waals surface area contributed by atoms with E-state index in [1.807, 2.05) is 13.8 Å². The van der Waals surface area contributed by atoms with Crippen molar-refractivity contribution in [3.63, 3.8) is 0 Å². The normalized spacial score (nSPS) is 11.2. The van der Waals surface area contributed by atoms with Crippen LogP contribution in [0.2, 0.25) is 0 Å². The number of hydrogen-bond acceptors (Lipinski definition) is 4. The maximum atomic E-state index is 11.5. The molecular formula is C14H20N2O4S. The number of nitrogens with two attached hydrogens (primary N) is 1. The molecule has 0 aliphatic rings. The van der Waals surface area contributed by atoms with E-state index in [2.05, 4.69) is 11.9 Å². The molecule has 0 unspecified atom stereocenters. The lowest BCUT2D eigenvalue weighted by atomic mass is 10.0. The van der Waals surface area contributed by atoms with Gasteiger partial charge in [0, 0.05) is 6.54 Å². The predicted molar refractivity (Wildman–Crippen MR) is 80.6 cm³/mol. The minimum atomic E-state index is -3.76. The molecule has 1 aromatic rings. The molecule has 7 heteroatoms. The Bertz CT molecular complexity index is 624. The maximum Gasteiger partial charge on any atom is 0.258 e. The fourth-order valence-electron chi connectivity index (χ4n) is 1.67. The SMILES string of the molecule is C=CCNC(=O)COc1ccc(S(N)(=O)=O)cc1C(C)C. The molecule has 1 amide bonds. The number of amides is 1. The lowest BCUT2D eigenvalue weighted by molar-refractivity contribution is -0.122. The van der Waals surface area contributed by atoms with E-state index in [1.54, 1.807) is 6.08 Å². The van der Waals surface area contributed by atoms with Gasteiger partial charge in [-0.2, -0.15) is 0 Å². The second kappa shape index (κ2) is 7.24. The molecule has 0 heterocycles. The van der Waals surface area contributed by atoms with Crippen molar-refractivity contribution in [1.82, 2.24) is 5.32 Å². The van der Waals surface area contributed by atoms with Crippen LogP contribution in [0.4, 0.5) is 0 Å². The van der Waals surface area contributed by atoms with Gasteiger partial charge in [-0.25, -0.2) is 13.6 Å². The fourth-order valence-corrected chi connectivity index (χ4v) is 2.22. The number of nitrogens with one attached hydrogen (secondary N) is 1. The quantitative estimate of drug-likeness (QED) is 0.738. The van der Waals surface area contributed by atoms with E-state index in [-0.39, 0.29) is 23.3 Å². The summed E-state index contributed by atoms with van der Waals surface area (Å²) in [6, 6.07) is 4.34. The summed E-state index contributed by atoms with van der Waals surface area (Å²) in [6.07, 6.45) is 1.57. The van der Waals surface area contributed by atoms with E-state index in [4.69, 9.17) is 9.88 Å². The van der Waals surface area contributed by atoms with Gasteiger partial charge in [-0.1, -0.05) is 19.9 Å². The number of hydrogen-bond donors (Lipinski definition) is 2. The molecular weight excluding hydrogens is 292 g/mol. The molecule has 1 rings (SSSR count). The van der Waals surface area contributed by atoms with Crippen molar-refractivity contribution in [2.45, 2.75) is 24.7 Å². The monoisotopic (exact) mass is 312 g/mol. The van der Waals surface area contributed by atoms with E-state index in [0.717, 1.165) is 0 Å². The van der Waals surface area contributed by atoms with Gasteiger partial charge < -0.3 is 10.1 Å². The lowest BCUT2D eigenvalue weighted by Crippen LogP contribution is -2.29. The molecule has 1 aromatic carbocycles. The highest BCUT2D eigenvalue weighted by atomic mass is 32.2.